The third kappa shape index (κ3) is 3.03. The summed E-state index contributed by atoms with van der Waals surface area (Å²) in [5.41, 5.74) is 1.15. The Bertz CT molecular complexity index is 502. The topological polar surface area (TPSA) is 46.8 Å². The van der Waals surface area contributed by atoms with Gasteiger partial charge in [-0.2, -0.15) is 5.10 Å². The van der Waals surface area contributed by atoms with Crippen LogP contribution in [0.5, 0.6) is 0 Å². The van der Waals surface area contributed by atoms with Gasteiger partial charge in [0.1, 0.15) is 16.2 Å². The van der Waals surface area contributed by atoms with Crippen molar-refractivity contribution in [2.75, 3.05) is 11.9 Å². The number of anilines is 1. The maximum absolute atomic E-state index is 4.39. The quantitative estimate of drug-likeness (QED) is 0.812. The number of halogens is 1. The highest BCUT2D eigenvalue weighted by atomic mass is 79.9. The maximum Gasteiger partial charge on any atom is 0.133 e. The van der Waals surface area contributed by atoms with Crippen LogP contribution in [0.25, 0.3) is 0 Å². The second kappa shape index (κ2) is 4.83. The Labute approximate surface area is 109 Å². The van der Waals surface area contributed by atoms with E-state index in [9.17, 15) is 0 Å². The Morgan fingerprint density at radius 3 is 2.76 bits per heavy atom. The molecule has 0 unspecified atom stereocenters. The molecule has 0 amide bonds. The van der Waals surface area contributed by atoms with Gasteiger partial charge in [-0.15, -0.1) is 0 Å². The predicted molar refractivity (Wildman–Crippen MR) is 69.8 cm³/mol. The minimum absolute atomic E-state index is 0.757. The molecule has 2 aromatic heterocycles. The van der Waals surface area contributed by atoms with Crippen LogP contribution in [0.4, 0.5) is 5.82 Å². The van der Waals surface area contributed by atoms with Crippen molar-refractivity contribution >= 4 is 21.7 Å². The second-order valence-electron chi connectivity index (χ2n) is 3.97. The van der Waals surface area contributed by atoms with Gasteiger partial charge in [0.25, 0.3) is 0 Å². The largest absolute Gasteiger partial charge is 0.355 e. The van der Waals surface area contributed by atoms with Crippen molar-refractivity contribution in [1.29, 1.82) is 0 Å². The van der Waals surface area contributed by atoms with Crippen LogP contribution >= 0.6 is 15.9 Å². The Balaban J connectivity index is 2.16. The Hall–Kier alpha value is -1.43. The molecular formula is C11H14BrN5. The van der Waals surface area contributed by atoms with Gasteiger partial charge >= 0.3 is 0 Å². The van der Waals surface area contributed by atoms with E-state index in [0.717, 1.165) is 28.4 Å². The lowest BCUT2D eigenvalue weighted by molar-refractivity contribution is 0.766. The molecule has 0 bridgehead atoms. The van der Waals surface area contributed by atoms with E-state index in [2.05, 4.69) is 35.9 Å². The van der Waals surface area contributed by atoms with E-state index < -0.39 is 0 Å². The van der Waals surface area contributed by atoms with Crippen LogP contribution in [-0.2, 0) is 13.6 Å². The van der Waals surface area contributed by atoms with Crippen molar-refractivity contribution in [3.05, 3.63) is 34.5 Å². The van der Waals surface area contributed by atoms with Crippen molar-refractivity contribution in [1.82, 2.24) is 19.7 Å². The van der Waals surface area contributed by atoms with Crippen LogP contribution < -0.4 is 4.90 Å². The van der Waals surface area contributed by atoms with Gasteiger partial charge in [0.15, 0.2) is 0 Å². The third-order valence-corrected chi connectivity index (χ3v) is 2.77. The van der Waals surface area contributed by atoms with E-state index in [-0.39, 0.29) is 0 Å². The molecule has 0 atom stereocenters. The highest BCUT2D eigenvalue weighted by molar-refractivity contribution is 9.10. The summed E-state index contributed by atoms with van der Waals surface area (Å²) in [6.07, 6.45) is 3.86. The molecule has 0 aliphatic carbocycles. The zero-order valence-corrected chi connectivity index (χ0v) is 11.6. The van der Waals surface area contributed by atoms with E-state index in [1.165, 1.54) is 0 Å². The molecule has 0 spiro atoms. The fourth-order valence-electron chi connectivity index (χ4n) is 1.62. The van der Waals surface area contributed by atoms with E-state index in [4.69, 9.17) is 0 Å². The lowest BCUT2D eigenvalue weighted by atomic mass is 10.3. The van der Waals surface area contributed by atoms with Gasteiger partial charge in [-0.05, 0) is 22.9 Å². The summed E-state index contributed by atoms with van der Waals surface area (Å²) in [6.45, 7) is 2.66. The first-order valence-corrected chi connectivity index (χ1v) is 6.04. The van der Waals surface area contributed by atoms with Crippen LogP contribution in [0.1, 0.15) is 11.4 Å². The minimum atomic E-state index is 0.757. The second-order valence-corrected chi connectivity index (χ2v) is 4.79. The van der Waals surface area contributed by atoms with Crippen molar-refractivity contribution in [3.63, 3.8) is 0 Å². The summed E-state index contributed by atoms with van der Waals surface area (Å²) in [6, 6.07) is 1.91. The first-order chi connectivity index (χ1) is 8.04. The van der Waals surface area contributed by atoms with Gasteiger partial charge in [0.2, 0.25) is 0 Å². The molecule has 0 aliphatic rings. The summed E-state index contributed by atoms with van der Waals surface area (Å²) in [4.78, 5) is 10.7. The standard InChI is InChI=1S/C11H14BrN5/c1-8-14-10(12)4-11(15-8)16(2)6-9-5-13-17(3)7-9/h4-5,7H,6H2,1-3H3. The van der Waals surface area contributed by atoms with Crippen LogP contribution in [0, 0.1) is 6.92 Å². The highest BCUT2D eigenvalue weighted by Crippen LogP contribution is 2.16. The summed E-state index contributed by atoms with van der Waals surface area (Å²) in [7, 11) is 3.91. The molecule has 5 nitrogen and oxygen atoms in total. The zero-order valence-electron chi connectivity index (χ0n) is 10.1. The number of hydrogen-bond donors (Lipinski definition) is 0. The average molecular weight is 296 g/mol. The van der Waals surface area contributed by atoms with Crippen molar-refractivity contribution in [3.8, 4) is 0 Å². The zero-order chi connectivity index (χ0) is 12.4. The first kappa shape index (κ1) is 12.0. The number of aryl methyl sites for hydroxylation is 2. The smallest absolute Gasteiger partial charge is 0.133 e. The minimum Gasteiger partial charge on any atom is -0.355 e. The molecule has 6 heteroatoms. The summed E-state index contributed by atoms with van der Waals surface area (Å²) < 4.78 is 2.60. The first-order valence-electron chi connectivity index (χ1n) is 5.24. The van der Waals surface area contributed by atoms with Gasteiger partial charge in [-0.1, -0.05) is 0 Å². The summed E-state index contributed by atoms with van der Waals surface area (Å²) in [5.74, 6) is 1.65. The molecule has 0 aromatic carbocycles. The lowest BCUT2D eigenvalue weighted by Gasteiger charge is -2.17. The molecule has 0 fully saturated rings. The Morgan fingerprint density at radius 2 is 2.18 bits per heavy atom. The fraction of sp³-hybridized carbons (Fsp3) is 0.364. The van der Waals surface area contributed by atoms with E-state index >= 15 is 0 Å². The van der Waals surface area contributed by atoms with Crippen LogP contribution in [-0.4, -0.2) is 26.8 Å². The molecule has 0 N–H and O–H groups in total. The SMILES string of the molecule is Cc1nc(Br)cc(N(C)Cc2cnn(C)c2)n1. The van der Waals surface area contributed by atoms with Crippen molar-refractivity contribution in [2.45, 2.75) is 13.5 Å². The molecular weight excluding hydrogens is 282 g/mol. The van der Waals surface area contributed by atoms with Gasteiger partial charge < -0.3 is 4.90 Å². The van der Waals surface area contributed by atoms with Gasteiger partial charge in [0, 0.05) is 38.5 Å². The van der Waals surface area contributed by atoms with E-state index in [1.807, 2.05) is 39.5 Å². The third-order valence-electron chi connectivity index (χ3n) is 2.36. The maximum atomic E-state index is 4.39. The van der Waals surface area contributed by atoms with E-state index in [0.29, 0.717) is 0 Å². The van der Waals surface area contributed by atoms with Gasteiger partial charge in [0.05, 0.1) is 6.20 Å². The van der Waals surface area contributed by atoms with Crippen LogP contribution in [0.2, 0.25) is 0 Å². The average Bonchev–Trinajstić information content (AvgIpc) is 2.62. The lowest BCUT2D eigenvalue weighted by Crippen LogP contribution is -2.18. The number of rotatable bonds is 3. The Morgan fingerprint density at radius 1 is 1.41 bits per heavy atom. The van der Waals surface area contributed by atoms with E-state index in [1.54, 1.807) is 4.68 Å². The summed E-state index contributed by atoms with van der Waals surface area (Å²) >= 11 is 3.38. The Kier molecular flexibility index (Phi) is 3.42. The number of hydrogen-bond acceptors (Lipinski definition) is 4. The van der Waals surface area contributed by atoms with Gasteiger partial charge in [-0.25, -0.2) is 9.97 Å². The van der Waals surface area contributed by atoms with Crippen molar-refractivity contribution in [2.24, 2.45) is 7.05 Å². The molecule has 2 heterocycles. The normalized spacial score (nSPS) is 10.6. The molecule has 0 saturated heterocycles. The molecule has 0 aliphatic heterocycles. The molecule has 90 valence electrons. The fourth-order valence-corrected chi connectivity index (χ4v) is 2.08. The molecule has 17 heavy (non-hydrogen) atoms. The highest BCUT2D eigenvalue weighted by Gasteiger charge is 2.07. The number of aromatic nitrogens is 4. The molecule has 2 rings (SSSR count). The summed E-state index contributed by atoms with van der Waals surface area (Å²) in [5, 5.41) is 4.15. The predicted octanol–water partition coefficient (Wildman–Crippen LogP) is 1.92. The van der Waals surface area contributed by atoms with Crippen molar-refractivity contribution < 1.29 is 0 Å². The molecule has 0 radical (unpaired) electrons. The van der Waals surface area contributed by atoms with Gasteiger partial charge in [-0.3, -0.25) is 4.68 Å². The van der Waals surface area contributed by atoms with Crippen LogP contribution in [0.3, 0.4) is 0 Å². The van der Waals surface area contributed by atoms with Crippen LogP contribution in [0.15, 0.2) is 23.1 Å². The monoisotopic (exact) mass is 295 g/mol. The molecule has 2 aromatic rings. The number of nitrogens with zero attached hydrogens (tertiary/aromatic N) is 5. The molecule has 0 saturated carbocycles.